The van der Waals surface area contributed by atoms with Crippen LogP contribution in [0.3, 0.4) is 0 Å². The van der Waals surface area contributed by atoms with Crippen molar-refractivity contribution in [3.63, 3.8) is 0 Å². The summed E-state index contributed by atoms with van der Waals surface area (Å²) in [5.74, 6) is 1.39. The van der Waals surface area contributed by atoms with Gasteiger partial charge in [-0.25, -0.2) is 0 Å². The zero-order valence-corrected chi connectivity index (χ0v) is 12.4. The molecule has 0 spiro atoms. The minimum Gasteiger partial charge on any atom is -0.329 e. The molecule has 1 aromatic carbocycles. The number of benzene rings is 1. The third kappa shape index (κ3) is 3.80. The van der Waals surface area contributed by atoms with E-state index in [0.29, 0.717) is 12.0 Å². The summed E-state index contributed by atoms with van der Waals surface area (Å²) in [6.07, 6.45) is 5.64. The van der Waals surface area contributed by atoms with Gasteiger partial charge < -0.3 is 10.6 Å². The van der Waals surface area contributed by atoms with Gasteiger partial charge in [0.2, 0.25) is 0 Å². The Morgan fingerprint density at radius 3 is 2.42 bits per heavy atom. The quantitative estimate of drug-likeness (QED) is 0.851. The first kappa shape index (κ1) is 14.5. The predicted molar refractivity (Wildman–Crippen MR) is 82.3 cm³/mol. The Morgan fingerprint density at radius 1 is 1.21 bits per heavy atom. The minimum absolute atomic E-state index is 0.447. The molecule has 2 heteroatoms. The maximum atomic E-state index is 6.04. The van der Waals surface area contributed by atoms with Gasteiger partial charge in [-0.05, 0) is 37.3 Å². The molecule has 0 saturated heterocycles. The maximum absolute atomic E-state index is 6.04. The van der Waals surface area contributed by atoms with Gasteiger partial charge in [0.1, 0.15) is 0 Å². The van der Waals surface area contributed by atoms with Crippen molar-refractivity contribution in [2.24, 2.45) is 11.7 Å². The molecular weight excluding hydrogens is 232 g/mol. The molecule has 0 heterocycles. The van der Waals surface area contributed by atoms with Crippen LogP contribution < -0.4 is 5.73 Å². The number of likely N-dealkylation sites (N-methyl/N-ethyl adjacent to an activating group) is 1. The van der Waals surface area contributed by atoms with E-state index in [0.717, 1.165) is 12.5 Å². The smallest absolute Gasteiger partial charge is 0.0281 e. The van der Waals surface area contributed by atoms with Crippen molar-refractivity contribution in [1.82, 2.24) is 4.90 Å². The van der Waals surface area contributed by atoms with E-state index in [-0.39, 0.29) is 0 Å². The lowest BCUT2D eigenvalue weighted by molar-refractivity contribution is 0.190. The summed E-state index contributed by atoms with van der Waals surface area (Å²) in [6, 6.07) is 11.2. The van der Waals surface area contributed by atoms with E-state index in [1.807, 2.05) is 0 Å². The summed E-state index contributed by atoms with van der Waals surface area (Å²) in [5.41, 5.74) is 7.44. The summed E-state index contributed by atoms with van der Waals surface area (Å²) in [5, 5.41) is 0. The van der Waals surface area contributed by atoms with Crippen LogP contribution in [-0.2, 0) is 0 Å². The summed E-state index contributed by atoms with van der Waals surface area (Å²) in [6.45, 7) is 4.25. The molecule has 106 valence electrons. The van der Waals surface area contributed by atoms with Crippen molar-refractivity contribution >= 4 is 0 Å². The fraction of sp³-hybridized carbons (Fsp3) is 0.647. The molecule has 0 aliphatic heterocycles. The number of rotatable bonds is 6. The molecule has 1 saturated carbocycles. The second-order valence-electron chi connectivity index (χ2n) is 6.09. The first-order valence-electron chi connectivity index (χ1n) is 7.67. The largest absolute Gasteiger partial charge is 0.329 e. The molecule has 2 atom stereocenters. The van der Waals surface area contributed by atoms with Crippen molar-refractivity contribution < 1.29 is 0 Å². The summed E-state index contributed by atoms with van der Waals surface area (Å²) in [4.78, 5) is 2.49. The van der Waals surface area contributed by atoms with Crippen LogP contribution in [0.5, 0.6) is 0 Å². The van der Waals surface area contributed by atoms with E-state index in [1.165, 1.54) is 37.8 Å². The van der Waals surface area contributed by atoms with Gasteiger partial charge in [-0.2, -0.15) is 0 Å². The van der Waals surface area contributed by atoms with Gasteiger partial charge in [-0.15, -0.1) is 0 Å². The molecule has 0 radical (unpaired) electrons. The molecule has 1 aliphatic carbocycles. The van der Waals surface area contributed by atoms with Crippen LogP contribution in [0.1, 0.15) is 44.1 Å². The third-order valence-corrected chi connectivity index (χ3v) is 4.73. The van der Waals surface area contributed by atoms with E-state index < -0.39 is 0 Å². The van der Waals surface area contributed by atoms with E-state index in [2.05, 4.69) is 49.2 Å². The van der Waals surface area contributed by atoms with Gasteiger partial charge in [0.25, 0.3) is 0 Å². The Balaban J connectivity index is 1.97. The van der Waals surface area contributed by atoms with Gasteiger partial charge in [0.15, 0.2) is 0 Å². The van der Waals surface area contributed by atoms with Crippen LogP contribution >= 0.6 is 0 Å². The van der Waals surface area contributed by atoms with Crippen LogP contribution in [0, 0.1) is 5.92 Å². The second kappa shape index (κ2) is 7.06. The molecule has 19 heavy (non-hydrogen) atoms. The zero-order chi connectivity index (χ0) is 13.7. The highest BCUT2D eigenvalue weighted by Gasteiger charge is 2.25. The van der Waals surface area contributed by atoms with Gasteiger partial charge in [0.05, 0.1) is 0 Å². The molecular formula is C17H28N2. The summed E-state index contributed by atoms with van der Waals surface area (Å²) in [7, 11) is 2.25. The van der Waals surface area contributed by atoms with Crippen LogP contribution in [0.15, 0.2) is 30.3 Å². The summed E-state index contributed by atoms with van der Waals surface area (Å²) < 4.78 is 0. The van der Waals surface area contributed by atoms with E-state index in [9.17, 15) is 0 Å². The minimum atomic E-state index is 0.447. The lowest BCUT2D eigenvalue weighted by atomic mass is 9.91. The highest BCUT2D eigenvalue weighted by atomic mass is 15.1. The van der Waals surface area contributed by atoms with Gasteiger partial charge in [0, 0.05) is 19.1 Å². The highest BCUT2D eigenvalue weighted by Crippen LogP contribution is 2.28. The third-order valence-electron chi connectivity index (χ3n) is 4.73. The van der Waals surface area contributed by atoms with Gasteiger partial charge >= 0.3 is 0 Å². The zero-order valence-electron chi connectivity index (χ0n) is 12.4. The van der Waals surface area contributed by atoms with Crippen LogP contribution in [0.25, 0.3) is 0 Å². The average molecular weight is 260 g/mol. The number of hydrogen-bond acceptors (Lipinski definition) is 2. The normalized spacial score (nSPS) is 19.8. The highest BCUT2D eigenvalue weighted by molar-refractivity contribution is 5.20. The van der Waals surface area contributed by atoms with Gasteiger partial charge in [-0.3, -0.25) is 0 Å². The Kier molecular flexibility index (Phi) is 5.41. The number of nitrogens with two attached hydrogens (primary N) is 1. The number of nitrogens with zero attached hydrogens (tertiary/aromatic N) is 1. The lowest BCUT2D eigenvalue weighted by Gasteiger charge is -2.34. The van der Waals surface area contributed by atoms with E-state index >= 15 is 0 Å². The first-order chi connectivity index (χ1) is 9.22. The SMILES string of the molecule is CC(c1ccccc1)C(CN)N(C)CC1CCCC1. The average Bonchev–Trinajstić information content (AvgIpc) is 2.93. The van der Waals surface area contributed by atoms with Crippen LogP contribution in [0.4, 0.5) is 0 Å². The molecule has 2 unspecified atom stereocenters. The number of hydrogen-bond donors (Lipinski definition) is 1. The van der Waals surface area contributed by atoms with Crippen molar-refractivity contribution in [3.8, 4) is 0 Å². The predicted octanol–water partition coefficient (Wildman–Crippen LogP) is 3.24. The summed E-state index contributed by atoms with van der Waals surface area (Å²) >= 11 is 0. The molecule has 0 bridgehead atoms. The van der Waals surface area contributed by atoms with E-state index in [1.54, 1.807) is 0 Å². The van der Waals surface area contributed by atoms with Crippen LogP contribution in [0.2, 0.25) is 0 Å². The maximum Gasteiger partial charge on any atom is 0.0281 e. The monoisotopic (exact) mass is 260 g/mol. The van der Waals surface area contributed by atoms with Crippen molar-refractivity contribution in [2.75, 3.05) is 20.1 Å². The lowest BCUT2D eigenvalue weighted by Crippen LogP contribution is -2.43. The Hall–Kier alpha value is -0.860. The van der Waals surface area contributed by atoms with Gasteiger partial charge in [-0.1, -0.05) is 50.1 Å². The fourth-order valence-electron chi connectivity index (χ4n) is 3.48. The molecule has 2 N–H and O–H groups in total. The Morgan fingerprint density at radius 2 is 1.84 bits per heavy atom. The Labute approximate surface area is 118 Å². The topological polar surface area (TPSA) is 29.3 Å². The van der Waals surface area contributed by atoms with Crippen molar-refractivity contribution in [2.45, 2.75) is 44.6 Å². The van der Waals surface area contributed by atoms with E-state index in [4.69, 9.17) is 5.73 Å². The van der Waals surface area contributed by atoms with Crippen LogP contribution in [-0.4, -0.2) is 31.1 Å². The first-order valence-corrected chi connectivity index (χ1v) is 7.67. The molecule has 2 nitrogen and oxygen atoms in total. The molecule has 1 fully saturated rings. The molecule has 2 rings (SSSR count). The Bertz CT molecular complexity index is 357. The molecule has 1 aliphatic rings. The molecule has 0 amide bonds. The van der Waals surface area contributed by atoms with Crippen molar-refractivity contribution in [1.29, 1.82) is 0 Å². The second-order valence-corrected chi connectivity index (χ2v) is 6.09. The standard InChI is InChI=1S/C17H28N2/c1-14(16-10-4-3-5-11-16)17(12-18)19(2)13-15-8-6-7-9-15/h3-5,10-11,14-15,17H,6-9,12-13,18H2,1-2H3. The molecule has 1 aromatic rings. The van der Waals surface area contributed by atoms with Crippen molar-refractivity contribution in [3.05, 3.63) is 35.9 Å². The fourth-order valence-corrected chi connectivity index (χ4v) is 3.48. The molecule has 0 aromatic heterocycles.